The predicted octanol–water partition coefficient (Wildman–Crippen LogP) is 3.28. The lowest BCUT2D eigenvalue weighted by atomic mass is 9.94. The van der Waals surface area contributed by atoms with E-state index in [1.54, 1.807) is 0 Å². The summed E-state index contributed by atoms with van der Waals surface area (Å²) in [6.45, 7) is 4.11. The van der Waals surface area contributed by atoms with Crippen LogP contribution in [0.25, 0.3) is 0 Å². The minimum Gasteiger partial charge on any atom is -0.393 e. The topological polar surface area (TPSA) is 29.5 Å². The van der Waals surface area contributed by atoms with Crippen molar-refractivity contribution in [3.05, 3.63) is 0 Å². The van der Waals surface area contributed by atoms with Crippen LogP contribution < -0.4 is 0 Å². The van der Waals surface area contributed by atoms with Crippen molar-refractivity contribution < 1.29 is 9.84 Å². The maximum atomic E-state index is 9.36. The van der Waals surface area contributed by atoms with Gasteiger partial charge in [-0.05, 0) is 51.4 Å². The van der Waals surface area contributed by atoms with Crippen LogP contribution in [0.2, 0.25) is 0 Å². The Morgan fingerprint density at radius 2 is 1.94 bits per heavy atom. The van der Waals surface area contributed by atoms with Crippen molar-refractivity contribution in [2.24, 2.45) is 5.92 Å². The molecule has 1 saturated heterocycles. The Balaban J connectivity index is 1.76. The van der Waals surface area contributed by atoms with Crippen LogP contribution in [0, 0.1) is 5.92 Å². The molecule has 2 heteroatoms. The Morgan fingerprint density at radius 3 is 2.56 bits per heavy atom. The Hall–Kier alpha value is -0.0800. The normalized spacial score (nSPS) is 32.1. The maximum Gasteiger partial charge on any atom is 0.0687 e. The van der Waals surface area contributed by atoms with Gasteiger partial charge in [0.2, 0.25) is 0 Å². The molecule has 2 fully saturated rings. The van der Waals surface area contributed by atoms with Gasteiger partial charge in [-0.2, -0.15) is 0 Å². The van der Waals surface area contributed by atoms with Crippen molar-refractivity contribution in [1.82, 2.24) is 0 Å². The summed E-state index contributed by atoms with van der Waals surface area (Å²) in [4.78, 5) is 0. The van der Waals surface area contributed by atoms with Crippen LogP contribution in [0.3, 0.4) is 0 Å². The second kappa shape index (κ2) is 5.05. The third-order valence-electron chi connectivity index (χ3n) is 4.26. The smallest absolute Gasteiger partial charge is 0.0687 e. The summed E-state index contributed by atoms with van der Waals surface area (Å²) in [6.07, 6.45) is 10.1. The van der Waals surface area contributed by atoms with Crippen molar-refractivity contribution in [2.45, 2.75) is 83.0 Å². The van der Waals surface area contributed by atoms with Gasteiger partial charge in [0.25, 0.3) is 0 Å². The van der Waals surface area contributed by atoms with E-state index in [1.165, 1.54) is 38.5 Å². The van der Waals surface area contributed by atoms with E-state index in [-0.39, 0.29) is 11.7 Å². The summed E-state index contributed by atoms with van der Waals surface area (Å²) in [5.41, 5.74) is 0.273. The van der Waals surface area contributed by atoms with E-state index in [2.05, 4.69) is 6.92 Å². The Labute approximate surface area is 99.4 Å². The van der Waals surface area contributed by atoms with Crippen LogP contribution >= 0.6 is 0 Å². The molecule has 1 aliphatic heterocycles. The van der Waals surface area contributed by atoms with Crippen LogP contribution in [-0.4, -0.2) is 22.9 Å². The fourth-order valence-corrected chi connectivity index (χ4v) is 3.58. The molecule has 3 unspecified atom stereocenters. The van der Waals surface area contributed by atoms with Gasteiger partial charge in [0.15, 0.2) is 0 Å². The van der Waals surface area contributed by atoms with Crippen LogP contribution in [0.4, 0.5) is 0 Å². The average molecular weight is 226 g/mol. The SMILES string of the molecule is CC(O)CC(C)CC1CCC2(CCCC2)O1. The highest BCUT2D eigenvalue weighted by Crippen LogP contribution is 2.44. The third-order valence-corrected chi connectivity index (χ3v) is 4.26. The number of ether oxygens (including phenoxy) is 1. The largest absolute Gasteiger partial charge is 0.393 e. The van der Waals surface area contributed by atoms with Gasteiger partial charge >= 0.3 is 0 Å². The lowest BCUT2D eigenvalue weighted by Crippen LogP contribution is -2.25. The maximum absolute atomic E-state index is 9.36. The zero-order valence-electron chi connectivity index (χ0n) is 10.7. The van der Waals surface area contributed by atoms with Gasteiger partial charge in [0.05, 0.1) is 17.8 Å². The van der Waals surface area contributed by atoms with E-state index < -0.39 is 0 Å². The van der Waals surface area contributed by atoms with Gasteiger partial charge in [-0.15, -0.1) is 0 Å². The second-order valence-electron chi connectivity index (χ2n) is 6.09. The highest BCUT2D eigenvalue weighted by atomic mass is 16.5. The van der Waals surface area contributed by atoms with E-state index >= 15 is 0 Å². The molecule has 3 atom stereocenters. The molecule has 1 N–H and O–H groups in total. The molecular weight excluding hydrogens is 200 g/mol. The predicted molar refractivity (Wildman–Crippen MR) is 65.4 cm³/mol. The molecule has 1 heterocycles. The van der Waals surface area contributed by atoms with Crippen LogP contribution in [0.1, 0.15) is 65.2 Å². The van der Waals surface area contributed by atoms with Crippen molar-refractivity contribution in [3.63, 3.8) is 0 Å². The highest BCUT2D eigenvalue weighted by Gasteiger charge is 2.42. The van der Waals surface area contributed by atoms with E-state index in [4.69, 9.17) is 4.74 Å². The Kier molecular flexibility index (Phi) is 3.91. The van der Waals surface area contributed by atoms with Gasteiger partial charge in [-0.25, -0.2) is 0 Å². The monoisotopic (exact) mass is 226 g/mol. The molecule has 94 valence electrons. The second-order valence-corrected chi connectivity index (χ2v) is 6.09. The molecule has 1 aliphatic carbocycles. The molecule has 0 aromatic heterocycles. The molecule has 1 saturated carbocycles. The van der Waals surface area contributed by atoms with Gasteiger partial charge in [-0.3, -0.25) is 0 Å². The zero-order chi connectivity index (χ0) is 11.6. The molecule has 2 nitrogen and oxygen atoms in total. The first-order valence-electron chi connectivity index (χ1n) is 6.95. The van der Waals surface area contributed by atoms with E-state index in [0.717, 1.165) is 12.8 Å². The van der Waals surface area contributed by atoms with Crippen molar-refractivity contribution in [3.8, 4) is 0 Å². The van der Waals surface area contributed by atoms with Gasteiger partial charge in [0, 0.05) is 0 Å². The fraction of sp³-hybridized carbons (Fsp3) is 1.00. The minimum atomic E-state index is -0.170. The molecule has 2 rings (SSSR count). The molecule has 1 spiro atoms. The summed E-state index contributed by atoms with van der Waals surface area (Å²) in [7, 11) is 0. The molecule has 0 radical (unpaired) electrons. The molecule has 0 bridgehead atoms. The summed E-state index contributed by atoms with van der Waals surface area (Å²) in [6, 6.07) is 0. The van der Waals surface area contributed by atoms with Gasteiger partial charge in [-0.1, -0.05) is 19.8 Å². The first-order chi connectivity index (χ1) is 7.60. The fourth-order valence-electron chi connectivity index (χ4n) is 3.58. The highest BCUT2D eigenvalue weighted by molar-refractivity contribution is 4.93. The van der Waals surface area contributed by atoms with E-state index in [1.807, 2.05) is 6.92 Å². The summed E-state index contributed by atoms with van der Waals surface area (Å²) in [5.74, 6) is 0.585. The first kappa shape index (κ1) is 12.4. The van der Waals surface area contributed by atoms with E-state index in [0.29, 0.717) is 12.0 Å². The lowest BCUT2D eigenvalue weighted by molar-refractivity contribution is -0.0450. The molecule has 2 aliphatic rings. The number of aliphatic hydroxyl groups is 1. The average Bonchev–Trinajstić information content (AvgIpc) is 2.76. The van der Waals surface area contributed by atoms with E-state index in [9.17, 15) is 5.11 Å². The number of hydrogen-bond donors (Lipinski definition) is 1. The quantitative estimate of drug-likeness (QED) is 0.797. The lowest BCUT2D eigenvalue weighted by Gasteiger charge is -2.25. The third kappa shape index (κ3) is 2.98. The Bertz CT molecular complexity index is 219. The molecule has 0 aromatic rings. The molecule has 0 amide bonds. The summed E-state index contributed by atoms with van der Waals surface area (Å²) < 4.78 is 6.28. The van der Waals surface area contributed by atoms with Crippen LogP contribution in [0.15, 0.2) is 0 Å². The number of rotatable bonds is 4. The zero-order valence-corrected chi connectivity index (χ0v) is 10.7. The molecule has 16 heavy (non-hydrogen) atoms. The van der Waals surface area contributed by atoms with Crippen LogP contribution in [-0.2, 0) is 4.74 Å². The van der Waals surface area contributed by atoms with Crippen molar-refractivity contribution in [1.29, 1.82) is 0 Å². The van der Waals surface area contributed by atoms with Crippen molar-refractivity contribution >= 4 is 0 Å². The number of hydrogen-bond acceptors (Lipinski definition) is 2. The first-order valence-corrected chi connectivity index (χ1v) is 6.95. The summed E-state index contributed by atoms with van der Waals surface area (Å²) >= 11 is 0. The minimum absolute atomic E-state index is 0.170. The molecule has 0 aromatic carbocycles. The van der Waals surface area contributed by atoms with Gasteiger partial charge < -0.3 is 9.84 Å². The van der Waals surface area contributed by atoms with Gasteiger partial charge in [0.1, 0.15) is 0 Å². The number of aliphatic hydroxyl groups excluding tert-OH is 1. The summed E-state index contributed by atoms with van der Waals surface area (Å²) in [5, 5.41) is 9.36. The molecular formula is C14H26O2. The standard InChI is InChI=1S/C14H26O2/c1-11(9-12(2)15)10-13-5-8-14(16-13)6-3-4-7-14/h11-13,15H,3-10H2,1-2H3. The van der Waals surface area contributed by atoms with Crippen molar-refractivity contribution in [2.75, 3.05) is 0 Å². The van der Waals surface area contributed by atoms with Crippen LogP contribution in [0.5, 0.6) is 0 Å². The Morgan fingerprint density at radius 1 is 1.25 bits per heavy atom.